The number of likely N-dealkylation sites (tertiary alicyclic amines) is 1. The second-order valence-electron chi connectivity index (χ2n) is 7.79. The number of aliphatic imine (C=N–C) groups is 1. The van der Waals surface area contributed by atoms with E-state index in [-0.39, 0.29) is 24.0 Å². The molecule has 1 aromatic rings. The average molecular weight is 506 g/mol. The van der Waals surface area contributed by atoms with Gasteiger partial charge in [0.25, 0.3) is 0 Å². The highest BCUT2D eigenvalue weighted by Gasteiger charge is 2.26. The third kappa shape index (κ3) is 7.16. The number of guanidine groups is 1. The molecule has 2 N–H and O–H groups in total. The molecule has 3 rings (SSSR count). The van der Waals surface area contributed by atoms with Crippen molar-refractivity contribution in [3.63, 3.8) is 0 Å². The summed E-state index contributed by atoms with van der Waals surface area (Å²) in [6, 6.07) is 0.529. The summed E-state index contributed by atoms with van der Waals surface area (Å²) in [4.78, 5) is 13.3. The molecule has 7 heteroatoms. The predicted octanol–water partition coefficient (Wildman–Crippen LogP) is 3.74. The van der Waals surface area contributed by atoms with Gasteiger partial charge in [-0.3, -0.25) is 4.99 Å². The molecule has 2 heterocycles. The van der Waals surface area contributed by atoms with E-state index in [1.165, 1.54) is 55.8 Å². The molecule has 154 valence electrons. The highest BCUT2D eigenvalue weighted by molar-refractivity contribution is 14.0. The van der Waals surface area contributed by atoms with Crippen molar-refractivity contribution in [2.75, 3.05) is 32.7 Å². The van der Waals surface area contributed by atoms with Crippen LogP contribution in [0.25, 0.3) is 0 Å². The average Bonchev–Trinajstić information content (AvgIpc) is 3.32. The number of aromatic nitrogens is 1. The second kappa shape index (κ2) is 11.6. The molecule has 0 radical (unpaired) electrons. The Morgan fingerprint density at radius 2 is 2.04 bits per heavy atom. The van der Waals surface area contributed by atoms with Gasteiger partial charge in [-0.15, -0.1) is 35.3 Å². The number of aryl methyl sites for hydroxylation is 2. The molecule has 1 saturated carbocycles. The number of hydrogen-bond acceptors (Lipinski definition) is 4. The van der Waals surface area contributed by atoms with Crippen LogP contribution >= 0.6 is 35.3 Å². The number of rotatable bonds is 7. The first-order valence-electron chi connectivity index (χ1n) is 10.3. The minimum Gasteiger partial charge on any atom is -0.357 e. The van der Waals surface area contributed by atoms with Gasteiger partial charge >= 0.3 is 0 Å². The Morgan fingerprint density at radius 1 is 1.26 bits per heavy atom. The maximum atomic E-state index is 4.81. The summed E-state index contributed by atoms with van der Waals surface area (Å²) in [5.74, 6) is 1.92. The van der Waals surface area contributed by atoms with E-state index in [4.69, 9.17) is 4.99 Å². The lowest BCUT2D eigenvalue weighted by atomic mass is 10.1. The van der Waals surface area contributed by atoms with E-state index in [1.54, 1.807) is 11.3 Å². The molecule has 2 fully saturated rings. The molecule has 5 nitrogen and oxygen atoms in total. The van der Waals surface area contributed by atoms with Crippen LogP contribution in [0.1, 0.15) is 54.6 Å². The second-order valence-corrected chi connectivity index (χ2v) is 9.08. The SMILES string of the molecule is CCNC(=NCCc1sc(C)nc1C)NC1CCN(CC2CCCC2)C1.I. The van der Waals surface area contributed by atoms with Gasteiger partial charge in [0.05, 0.1) is 10.7 Å². The van der Waals surface area contributed by atoms with Gasteiger partial charge in [0, 0.05) is 50.1 Å². The first-order chi connectivity index (χ1) is 12.6. The zero-order valence-electron chi connectivity index (χ0n) is 17.1. The number of halogens is 1. The van der Waals surface area contributed by atoms with Crippen LogP contribution in [0.5, 0.6) is 0 Å². The number of nitrogens with one attached hydrogen (secondary N) is 2. The summed E-state index contributed by atoms with van der Waals surface area (Å²) >= 11 is 1.80. The summed E-state index contributed by atoms with van der Waals surface area (Å²) < 4.78 is 0. The van der Waals surface area contributed by atoms with Crippen molar-refractivity contribution in [1.82, 2.24) is 20.5 Å². The van der Waals surface area contributed by atoms with Crippen LogP contribution in [-0.4, -0.2) is 54.6 Å². The van der Waals surface area contributed by atoms with Crippen molar-refractivity contribution >= 4 is 41.3 Å². The van der Waals surface area contributed by atoms with E-state index in [0.29, 0.717) is 6.04 Å². The Hall–Kier alpha value is -0.410. The van der Waals surface area contributed by atoms with Crippen LogP contribution in [0.3, 0.4) is 0 Å². The zero-order valence-corrected chi connectivity index (χ0v) is 20.2. The molecule has 1 unspecified atom stereocenters. The lowest BCUT2D eigenvalue weighted by Crippen LogP contribution is -2.45. The third-order valence-electron chi connectivity index (χ3n) is 5.56. The van der Waals surface area contributed by atoms with Gasteiger partial charge in [-0.2, -0.15) is 0 Å². The Morgan fingerprint density at radius 3 is 2.70 bits per heavy atom. The van der Waals surface area contributed by atoms with E-state index >= 15 is 0 Å². The summed E-state index contributed by atoms with van der Waals surface area (Å²) in [6.45, 7) is 11.7. The Bertz CT molecular complexity index is 597. The molecule has 0 bridgehead atoms. The van der Waals surface area contributed by atoms with Crippen LogP contribution in [0.2, 0.25) is 0 Å². The third-order valence-corrected chi connectivity index (χ3v) is 6.69. The van der Waals surface area contributed by atoms with Gasteiger partial charge in [0.1, 0.15) is 0 Å². The smallest absolute Gasteiger partial charge is 0.191 e. The van der Waals surface area contributed by atoms with Gasteiger partial charge in [0.15, 0.2) is 5.96 Å². The molecule has 1 saturated heterocycles. The van der Waals surface area contributed by atoms with Gasteiger partial charge in [-0.25, -0.2) is 4.98 Å². The summed E-state index contributed by atoms with van der Waals surface area (Å²) in [5, 5.41) is 8.23. The standard InChI is InChI=1S/C20H35N5S.HI/c1-4-21-20(22-11-9-19-15(2)23-16(3)26-19)24-18-10-12-25(14-18)13-17-7-5-6-8-17;/h17-18H,4-14H2,1-3H3,(H2,21,22,24);1H. The fourth-order valence-electron chi connectivity index (χ4n) is 4.26. The summed E-state index contributed by atoms with van der Waals surface area (Å²) in [6.07, 6.45) is 7.97. The maximum absolute atomic E-state index is 4.81. The number of nitrogens with zero attached hydrogens (tertiary/aromatic N) is 3. The van der Waals surface area contributed by atoms with Crippen LogP contribution in [-0.2, 0) is 6.42 Å². The van der Waals surface area contributed by atoms with Gasteiger partial charge < -0.3 is 15.5 Å². The topological polar surface area (TPSA) is 52.6 Å². The molecule has 1 aliphatic heterocycles. The minimum absolute atomic E-state index is 0. The van der Waals surface area contributed by atoms with Crippen molar-refractivity contribution in [2.45, 2.75) is 65.3 Å². The van der Waals surface area contributed by atoms with Crippen molar-refractivity contribution in [3.05, 3.63) is 15.6 Å². The molecule has 0 aromatic carbocycles. The van der Waals surface area contributed by atoms with Crippen LogP contribution in [0, 0.1) is 19.8 Å². The van der Waals surface area contributed by atoms with Gasteiger partial charge in [-0.05, 0) is 46.0 Å². The van der Waals surface area contributed by atoms with Crippen molar-refractivity contribution in [2.24, 2.45) is 10.9 Å². The van der Waals surface area contributed by atoms with E-state index in [1.807, 2.05) is 0 Å². The van der Waals surface area contributed by atoms with E-state index in [9.17, 15) is 0 Å². The van der Waals surface area contributed by atoms with Gasteiger partial charge in [0.2, 0.25) is 0 Å². The van der Waals surface area contributed by atoms with Crippen LogP contribution in [0.4, 0.5) is 0 Å². The van der Waals surface area contributed by atoms with Crippen LogP contribution < -0.4 is 10.6 Å². The maximum Gasteiger partial charge on any atom is 0.191 e. The van der Waals surface area contributed by atoms with E-state index in [0.717, 1.165) is 42.9 Å². The molecular formula is C20H36IN5S. The minimum atomic E-state index is 0. The Kier molecular flexibility index (Phi) is 9.79. The number of thiazole rings is 1. The first kappa shape index (κ1) is 22.9. The molecule has 1 aliphatic carbocycles. The molecule has 2 aliphatic rings. The summed E-state index contributed by atoms with van der Waals surface area (Å²) in [7, 11) is 0. The monoisotopic (exact) mass is 505 g/mol. The molecule has 1 atom stereocenters. The zero-order chi connectivity index (χ0) is 18.4. The largest absolute Gasteiger partial charge is 0.357 e. The Labute approximate surface area is 185 Å². The fraction of sp³-hybridized carbons (Fsp3) is 0.800. The van der Waals surface area contributed by atoms with E-state index in [2.05, 4.69) is 41.3 Å². The Balaban J connectivity index is 0.00000261. The van der Waals surface area contributed by atoms with Crippen molar-refractivity contribution in [1.29, 1.82) is 0 Å². The van der Waals surface area contributed by atoms with Crippen LogP contribution in [0.15, 0.2) is 4.99 Å². The van der Waals surface area contributed by atoms with Gasteiger partial charge in [-0.1, -0.05) is 12.8 Å². The lowest BCUT2D eigenvalue weighted by molar-refractivity contribution is 0.275. The lowest BCUT2D eigenvalue weighted by Gasteiger charge is -2.21. The van der Waals surface area contributed by atoms with E-state index < -0.39 is 0 Å². The number of hydrogen-bond donors (Lipinski definition) is 2. The quantitative estimate of drug-likeness (QED) is 0.337. The molecular weight excluding hydrogens is 469 g/mol. The molecule has 1 aromatic heterocycles. The highest BCUT2D eigenvalue weighted by Crippen LogP contribution is 2.26. The normalized spacial score (nSPS) is 21.4. The van der Waals surface area contributed by atoms with Crippen molar-refractivity contribution in [3.8, 4) is 0 Å². The molecule has 0 amide bonds. The predicted molar refractivity (Wildman–Crippen MR) is 127 cm³/mol. The molecule has 27 heavy (non-hydrogen) atoms. The first-order valence-corrected chi connectivity index (χ1v) is 11.2. The fourth-order valence-corrected chi connectivity index (χ4v) is 5.19. The summed E-state index contributed by atoms with van der Waals surface area (Å²) in [5.41, 5.74) is 1.17. The molecule has 0 spiro atoms. The van der Waals surface area contributed by atoms with Crippen molar-refractivity contribution < 1.29 is 0 Å². The highest BCUT2D eigenvalue weighted by atomic mass is 127.